The zero-order valence-corrected chi connectivity index (χ0v) is 22.4. The lowest BCUT2D eigenvalue weighted by Gasteiger charge is -2.15. The Hall–Kier alpha value is -2.33. The first-order valence-corrected chi connectivity index (χ1v) is 12.0. The molecule has 0 bridgehead atoms. The number of nitrogens with one attached hydrogen (secondary N) is 3. The number of hydrogen-bond donors (Lipinski definition) is 3. The van der Waals surface area contributed by atoms with Gasteiger partial charge < -0.3 is 25.1 Å². The summed E-state index contributed by atoms with van der Waals surface area (Å²) in [6.07, 6.45) is 4.24. The molecule has 3 N–H and O–H groups in total. The highest BCUT2D eigenvalue weighted by molar-refractivity contribution is 14.0. The van der Waals surface area contributed by atoms with E-state index in [4.69, 9.17) is 14.5 Å². The number of fused-ring (bicyclic) bond motifs is 1. The third-order valence-electron chi connectivity index (χ3n) is 5.74. The Labute approximate surface area is 219 Å². The van der Waals surface area contributed by atoms with Gasteiger partial charge in [-0.2, -0.15) is 0 Å². The second kappa shape index (κ2) is 13.5. The average molecular weight is 578 g/mol. The molecular formula is C26H36IN5O2. The quantitative estimate of drug-likeness (QED) is 0.141. The van der Waals surface area contributed by atoms with Crippen molar-refractivity contribution >= 4 is 41.0 Å². The molecule has 0 spiro atoms. The van der Waals surface area contributed by atoms with Crippen LogP contribution >= 0.6 is 24.0 Å². The van der Waals surface area contributed by atoms with Gasteiger partial charge in [0.15, 0.2) is 5.96 Å². The highest BCUT2D eigenvalue weighted by atomic mass is 127. The number of aromatic amines is 1. The normalized spacial score (nSPS) is 15.8. The lowest BCUT2D eigenvalue weighted by molar-refractivity contribution is 0.0676. The molecule has 3 aromatic rings. The van der Waals surface area contributed by atoms with Gasteiger partial charge in [-0.25, -0.2) is 9.98 Å². The number of rotatable bonds is 10. The fourth-order valence-electron chi connectivity index (χ4n) is 3.98. The van der Waals surface area contributed by atoms with Crippen LogP contribution in [-0.2, 0) is 17.7 Å². The molecule has 8 heteroatoms. The number of benzene rings is 2. The summed E-state index contributed by atoms with van der Waals surface area (Å²) in [7, 11) is 0. The number of aromatic nitrogens is 2. The Balaban J connectivity index is 0.00000324. The summed E-state index contributed by atoms with van der Waals surface area (Å²) in [6, 6.07) is 14.4. The molecule has 1 unspecified atom stereocenters. The van der Waals surface area contributed by atoms with Gasteiger partial charge in [0.2, 0.25) is 0 Å². The van der Waals surface area contributed by atoms with Crippen LogP contribution < -0.4 is 15.4 Å². The van der Waals surface area contributed by atoms with Crippen molar-refractivity contribution in [3.63, 3.8) is 0 Å². The summed E-state index contributed by atoms with van der Waals surface area (Å²) in [6.45, 7) is 7.78. The van der Waals surface area contributed by atoms with E-state index >= 15 is 0 Å². The van der Waals surface area contributed by atoms with Crippen molar-refractivity contribution in [1.29, 1.82) is 0 Å². The van der Waals surface area contributed by atoms with E-state index in [-0.39, 0.29) is 30.1 Å². The maximum absolute atomic E-state index is 6.12. The third kappa shape index (κ3) is 7.59. The summed E-state index contributed by atoms with van der Waals surface area (Å²) in [5.41, 5.74) is 4.37. The molecule has 1 fully saturated rings. The van der Waals surface area contributed by atoms with E-state index in [1.165, 1.54) is 5.56 Å². The minimum Gasteiger partial charge on any atom is -0.491 e. The predicted molar refractivity (Wildman–Crippen MR) is 148 cm³/mol. The van der Waals surface area contributed by atoms with E-state index < -0.39 is 0 Å². The second-order valence-corrected chi connectivity index (χ2v) is 8.48. The van der Waals surface area contributed by atoms with Gasteiger partial charge in [0.25, 0.3) is 0 Å². The van der Waals surface area contributed by atoms with Crippen LogP contribution in [0.4, 0.5) is 0 Å². The lowest BCUT2D eigenvalue weighted by Crippen LogP contribution is -2.37. The van der Waals surface area contributed by atoms with Crippen LogP contribution in [0.3, 0.4) is 0 Å². The molecule has 1 aliphatic rings. The first kappa shape index (κ1) is 26.3. The molecule has 1 aliphatic heterocycles. The molecule has 2 aromatic carbocycles. The van der Waals surface area contributed by atoms with Gasteiger partial charge in [-0.05, 0) is 56.9 Å². The van der Waals surface area contributed by atoms with Crippen LogP contribution in [0.1, 0.15) is 43.1 Å². The monoisotopic (exact) mass is 577 g/mol. The fraction of sp³-hybridized carbons (Fsp3) is 0.462. The summed E-state index contributed by atoms with van der Waals surface area (Å²) in [4.78, 5) is 12.8. The van der Waals surface area contributed by atoms with Gasteiger partial charge in [-0.15, -0.1) is 24.0 Å². The van der Waals surface area contributed by atoms with Gasteiger partial charge in [0.1, 0.15) is 18.2 Å². The number of H-pyrrole nitrogens is 1. The van der Waals surface area contributed by atoms with E-state index in [1.54, 1.807) is 0 Å². The van der Waals surface area contributed by atoms with Crippen molar-refractivity contribution in [3.8, 4) is 5.75 Å². The number of ether oxygens (including phenoxy) is 2. The molecule has 0 amide bonds. The highest BCUT2D eigenvalue weighted by Gasteiger charge is 2.17. The molecule has 0 radical (unpaired) electrons. The summed E-state index contributed by atoms with van der Waals surface area (Å²) < 4.78 is 11.8. The highest BCUT2D eigenvalue weighted by Crippen LogP contribution is 2.23. The molecule has 7 nitrogen and oxygen atoms in total. The Morgan fingerprint density at radius 2 is 2.12 bits per heavy atom. The van der Waals surface area contributed by atoms with Crippen molar-refractivity contribution < 1.29 is 9.47 Å². The van der Waals surface area contributed by atoms with Gasteiger partial charge in [-0.1, -0.05) is 24.3 Å². The number of hydrogen-bond acceptors (Lipinski definition) is 4. The zero-order valence-electron chi connectivity index (χ0n) is 20.1. The second-order valence-electron chi connectivity index (χ2n) is 8.48. The molecule has 184 valence electrons. The van der Waals surface area contributed by atoms with Crippen LogP contribution in [0.15, 0.2) is 47.5 Å². The molecule has 0 aliphatic carbocycles. The minimum absolute atomic E-state index is 0. The molecule has 1 aromatic heterocycles. The Morgan fingerprint density at radius 3 is 2.91 bits per heavy atom. The van der Waals surface area contributed by atoms with E-state index in [0.717, 1.165) is 79.5 Å². The number of imidazole rings is 1. The van der Waals surface area contributed by atoms with Crippen LogP contribution in [0.25, 0.3) is 11.0 Å². The molecule has 2 heterocycles. The number of nitrogens with zero attached hydrogens (tertiary/aromatic N) is 2. The van der Waals surface area contributed by atoms with E-state index in [2.05, 4.69) is 58.7 Å². The zero-order chi connectivity index (χ0) is 22.9. The van der Waals surface area contributed by atoms with Crippen LogP contribution in [0.2, 0.25) is 0 Å². The number of aliphatic imine (C=N–C) groups is 1. The van der Waals surface area contributed by atoms with Gasteiger partial charge >= 0.3 is 0 Å². The van der Waals surface area contributed by atoms with Crippen LogP contribution in [0.5, 0.6) is 5.75 Å². The SMILES string of the molecule is CCNC(=NCc1ccc(C)cc1OCC1CCCO1)NCCCc1nc2ccccc2[nH]1.I. The number of guanidine groups is 1. The Bertz CT molecular complexity index is 1030. The maximum atomic E-state index is 6.12. The first-order chi connectivity index (χ1) is 16.2. The van der Waals surface area contributed by atoms with Gasteiger partial charge in [-0.3, -0.25) is 0 Å². The Morgan fingerprint density at radius 1 is 1.24 bits per heavy atom. The largest absolute Gasteiger partial charge is 0.491 e. The van der Waals surface area contributed by atoms with Crippen molar-refractivity contribution in [3.05, 3.63) is 59.4 Å². The number of para-hydroxylation sites is 2. The number of halogens is 1. The van der Waals surface area contributed by atoms with Crippen molar-refractivity contribution in [1.82, 2.24) is 20.6 Å². The van der Waals surface area contributed by atoms with Crippen molar-refractivity contribution in [2.24, 2.45) is 4.99 Å². The molecular weight excluding hydrogens is 541 g/mol. The predicted octanol–water partition coefficient (Wildman–Crippen LogP) is 4.74. The third-order valence-corrected chi connectivity index (χ3v) is 5.74. The molecule has 0 saturated carbocycles. The van der Waals surface area contributed by atoms with Crippen molar-refractivity contribution in [2.45, 2.75) is 52.2 Å². The summed E-state index contributed by atoms with van der Waals surface area (Å²) >= 11 is 0. The van der Waals surface area contributed by atoms with E-state index in [1.807, 2.05) is 18.2 Å². The summed E-state index contributed by atoms with van der Waals surface area (Å²) in [5, 5.41) is 6.77. The molecule has 34 heavy (non-hydrogen) atoms. The molecule has 1 atom stereocenters. The number of aryl methyl sites for hydroxylation is 2. The molecule has 4 rings (SSSR count). The summed E-state index contributed by atoms with van der Waals surface area (Å²) in [5.74, 6) is 2.73. The van der Waals surface area contributed by atoms with Crippen LogP contribution in [0, 0.1) is 6.92 Å². The molecule has 1 saturated heterocycles. The maximum Gasteiger partial charge on any atom is 0.191 e. The fourth-order valence-corrected chi connectivity index (χ4v) is 3.98. The van der Waals surface area contributed by atoms with Gasteiger partial charge in [0.05, 0.1) is 23.7 Å². The topological polar surface area (TPSA) is 83.6 Å². The van der Waals surface area contributed by atoms with Gasteiger partial charge in [0, 0.05) is 31.7 Å². The van der Waals surface area contributed by atoms with E-state index in [9.17, 15) is 0 Å². The minimum atomic E-state index is 0. The standard InChI is InChI=1S/C26H35N5O2.HI/c1-3-27-26(28-14-6-11-25-30-22-9-4-5-10-23(22)31-25)29-17-20-13-12-19(2)16-24(20)33-18-21-8-7-15-32-21;/h4-5,9-10,12-13,16,21H,3,6-8,11,14-15,17-18H2,1-2H3,(H,30,31)(H2,27,28,29);1H. The Kier molecular flexibility index (Phi) is 10.5. The lowest BCUT2D eigenvalue weighted by atomic mass is 10.1. The average Bonchev–Trinajstić information content (AvgIpc) is 3.49. The van der Waals surface area contributed by atoms with E-state index in [0.29, 0.717) is 13.2 Å². The smallest absolute Gasteiger partial charge is 0.191 e. The first-order valence-electron chi connectivity index (χ1n) is 12.0. The van der Waals surface area contributed by atoms with Crippen LogP contribution in [-0.4, -0.2) is 48.3 Å². The van der Waals surface area contributed by atoms with Crippen molar-refractivity contribution in [2.75, 3.05) is 26.3 Å².